The summed E-state index contributed by atoms with van der Waals surface area (Å²) < 4.78 is 5.41. The Morgan fingerprint density at radius 1 is 1.32 bits per heavy atom. The molecule has 0 aromatic heterocycles. The molecule has 2 rings (SSSR count). The van der Waals surface area contributed by atoms with E-state index in [4.69, 9.17) is 4.74 Å². The van der Waals surface area contributed by atoms with Crippen LogP contribution in [0.5, 0.6) is 0 Å². The standard InChI is InChI=1S/C18H27NO3/c1-18(2,3)14-10-11-19(12-15(14)20)17(21)16(22-4)13-8-6-5-7-9-13/h5-9,14-16,20H,10-12H2,1-4H3/t14-,15-,16+/m1/s1. The molecule has 0 bridgehead atoms. The molecule has 1 N–H and O–H groups in total. The lowest BCUT2D eigenvalue weighted by Gasteiger charge is -2.42. The van der Waals surface area contributed by atoms with Crippen molar-refractivity contribution in [2.45, 2.75) is 39.4 Å². The fourth-order valence-corrected chi connectivity index (χ4v) is 3.32. The minimum absolute atomic E-state index is 0.0502. The number of carbonyl (C=O) groups excluding carboxylic acids is 1. The van der Waals surface area contributed by atoms with Crippen LogP contribution < -0.4 is 0 Å². The van der Waals surface area contributed by atoms with E-state index >= 15 is 0 Å². The molecule has 0 spiro atoms. The highest BCUT2D eigenvalue weighted by molar-refractivity contribution is 5.82. The van der Waals surface area contributed by atoms with Crippen molar-refractivity contribution in [3.63, 3.8) is 0 Å². The summed E-state index contributed by atoms with van der Waals surface area (Å²) in [5.41, 5.74) is 0.900. The Labute approximate surface area is 133 Å². The normalized spacial score (nSPS) is 24.1. The molecule has 3 atom stereocenters. The molecule has 1 heterocycles. The summed E-state index contributed by atoms with van der Waals surface area (Å²) in [6.45, 7) is 7.47. The van der Waals surface area contributed by atoms with Gasteiger partial charge in [0.05, 0.1) is 6.10 Å². The molecule has 1 fully saturated rings. The summed E-state index contributed by atoms with van der Waals surface area (Å²) >= 11 is 0. The van der Waals surface area contributed by atoms with Crippen LogP contribution in [0, 0.1) is 11.3 Å². The van der Waals surface area contributed by atoms with Gasteiger partial charge >= 0.3 is 0 Å². The number of methoxy groups -OCH3 is 1. The third kappa shape index (κ3) is 3.68. The lowest BCUT2D eigenvalue weighted by molar-refractivity contribution is -0.148. The topological polar surface area (TPSA) is 49.8 Å². The third-order valence-corrected chi connectivity index (χ3v) is 4.57. The predicted octanol–water partition coefficient (Wildman–Crippen LogP) is 2.63. The largest absolute Gasteiger partial charge is 0.391 e. The molecule has 1 aromatic carbocycles. The van der Waals surface area contributed by atoms with Crippen LogP contribution in [0.1, 0.15) is 38.9 Å². The van der Waals surface area contributed by atoms with Crippen molar-refractivity contribution in [3.8, 4) is 0 Å². The van der Waals surface area contributed by atoms with Crippen LogP contribution in [-0.2, 0) is 9.53 Å². The fraction of sp³-hybridized carbons (Fsp3) is 0.611. The Bertz CT molecular complexity index is 495. The Balaban J connectivity index is 2.08. The highest BCUT2D eigenvalue weighted by atomic mass is 16.5. The number of carbonyl (C=O) groups is 1. The van der Waals surface area contributed by atoms with Crippen molar-refractivity contribution in [1.82, 2.24) is 4.90 Å². The zero-order valence-corrected chi connectivity index (χ0v) is 14.0. The van der Waals surface area contributed by atoms with E-state index in [1.165, 1.54) is 0 Å². The fourth-order valence-electron chi connectivity index (χ4n) is 3.32. The van der Waals surface area contributed by atoms with Gasteiger partial charge in [0.15, 0.2) is 6.10 Å². The van der Waals surface area contributed by atoms with Crippen molar-refractivity contribution >= 4 is 5.91 Å². The molecule has 0 unspecified atom stereocenters. The van der Waals surface area contributed by atoms with E-state index in [1.54, 1.807) is 12.0 Å². The second kappa shape index (κ2) is 6.80. The summed E-state index contributed by atoms with van der Waals surface area (Å²) in [5, 5.41) is 10.4. The summed E-state index contributed by atoms with van der Waals surface area (Å²) in [6.07, 6.45) is -0.257. The Kier molecular flexibility index (Phi) is 5.24. The molecule has 0 aliphatic carbocycles. The lowest BCUT2D eigenvalue weighted by Crippen LogP contribution is -2.51. The van der Waals surface area contributed by atoms with Gasteiger partial charge in [0.2, 0.25) is 0 Å². The van der Waals surface area contributed by atoms with Crippen molar-refractivity contribution < 1.29 is 14.6 Å². The summed E-state index contributed by atoms with van der Waals surface area (Å²) in [5.74, 6) is 0.148. The van der Waals surface area contributed by atoms with Gasteiger partial charge in [0.25, 0.3) is 5.91 Å². The van der Waals surface area contributed by atoms with E-state index < -0.39 is 12.2 Å². The molecule has 122 valence electrons. The number of β-amino-alcohol motifs (C(OH)–C–C–N with tert-alkyl or cyclic N) is 1. The van der Waals surface area contributed by atoms with Gasteiger partial charge in [-0.2, -0.15) is 0 Å². The molecular formula is C18H27NO3. The second-order valence-corrected chi connectivity index (χ2v) is 7.14. The maximum Gasteiger partial charge on any atom is 0.256 e. The number of aliphatic hydroxyl groups is 1. The number of ether oxygens (including phenoxy) is 1. The summed E-state index contributed by atoms with van der Waals surface area (Å²) in [7, 11) is 1.55. The van der Waals surface area contributed by atoms with Crippen LogP contribution >= 0.6 is 0 Å². The highest BCUT2D eigenvalue weighted by Crippen LogP contribution is 2.35. The zero-order chi connectivity index (χ0) is 16.3. The number of hydrogen-bond acceptors (Lipinski definition) is 3. The van der Waals surface area contributed by atoms with E-state index in [9.17, 15) is 9.90 Å². The van der Waals surface area contributed by atoms with Gasteiger partial charge in [-0.05, 0) is 23.3 Å². The van der Waals surface area contributed by atoms with E-state index in [-0.39, 0.29) is 17.2 Å². The maximum atomic E-state index is 12.7. The van der Waals surface area contributed by atoms with Crippen LogP contribution in [-0.4, -0.2) is 42.2 Å². The van der Waals surface area contributed by atoms with E-state index in [0.717, 1.165) is 12.0 Å². The van der Waals surface area contributed by atoms with Crippen LogP contribution in [0.4, 0.5) is 0 Å². The quantitative estimate of drug-likeness (QED) is 0.934. The number of nitrogens with zero attached hydrogens (tertiary/aromatic N) is 1. The number of amides is 1. The number of piperidine rings is 1. The third-order valence-electron chi connectivity index (χ3n) is 4.57. The first kappa shape index (κ1) is 17.0. The minimum atomic E-state index is -0.598. The SMILES string of the molecule is CO[C@H](C(=O)N1CC[C@@H](C(C)(C)C)[C@H](O)C1)c1ccccc1. The molecule has 1 aliphatic heterocycles. The van der Waals surface area contributed by atoms with E-state index in [1.807, 2.05) is 30.3 Å². The number of rotatable bonds is 3. The summed E-state index contributed by atoms with van der Waals surface area (Å²) in [4.78, 5) is 14.5. The molecule has 0 saturated carbocycles. The first-order chi connectivity index (χ1) is 10.3. The average Bonchev–Trinajstić information content (AvgIpc) is 2.47. The van der Waals surface area contributed by atoms with Gasteiger partial charge in [0.1, 0.15) is 0 Å². The molecule has 22 heavy (non-hydrogen) atoms. The molecular weight excluding hydrogens is 278 g/mol. The lowest BCUT2D eigenvalue weighted by atomic mass is 9.73. The van der Waals surface area contributed by atoms with Gasteiger partial charge in [-0.15, -0.1) is 0 Å². The monoisotopic (exact) mass is 305 g/mol. The Morgan fingerprint density at radius 2 is 1.95 bits per heavy atom. The van der Waals surface area contributed by atoms with Crippen molar-refractivity contribution in [2.75, 3.05) is 20.2 Å². The molecule has 0 radical (unpaired) electrons. The number of likely N-dealkylation sites (tertiary alicyclic amines) is 1. The number of aliphatic hydroxyl groups excluding tert-OH is 1. The van der Waals surface area contributed by atoms with Crippen LogP contribution in [0.25, 0.3) is 0 Å². The van der Waals surface area contributed by atoms with E-state index in [0.29, 0.717) is 13.1 Å². The second-order valence-electron chi connectivity index (χ2n) is 7.14. The van der Waals surface area contributed by atoms with Crippen LogP contribution in [0.2, 0.25) is 0 Å². The van der Waals surface area contributed by atoms with Gasteiger partial charge in [-0.25, -0.2) is 0 Å². The first-order valence-electron chi connectivity index (χ1n) is 7.89. The van der Waals surface area contributed by atoms with Crippen molar-refractivity contribution in [3.05, 3.63) is 35.9 Å². The zero-order valence-electron chi connectivity index (χ0n) is 14.0. The van der Waals surface area contributed by atoms with Crippen LogP contribution in [0.3, 0.4) is 0 Å². The van der Waals surface area contributed by atoms with Gasteiger partial charge < -0.3 is 14.7 Å². The van der Waals surface area contributed by atoms with Crippen LogP contribution in [0.15, 0.2) is 30.3 Å². The van der Waals surface area contributed by atoms with Crippen molar-refractivity contribution in [2.24, 2.45) is 11.3 Å². The van der Waals surface area contributed by atoms with E-state index in [2.05, 4.69) is 20.8 Å². The Morgan fingerprint density at radius 3 is 2.45 bits per heavy atom. The highest BCUT2D eigenvalue weighted by Gasteiger charge is 2.38. The Hall–Kier alpha value is -1.39. The van der Waals surface area contributed by atoms with Gasteiger partial charge in [0, 0.05) is 20.2 Å². The smallest absolute Gasteiger partial charge is 0.256 e. The van der Waals surface area contributed by atoms with Gasteiger partial charge in [-0.3, -0.25) is 4.79 Å². The van der Waals surface area contributed by atoms with Crippen molar-refractivity contribution in [1.29, 1.82) is 0 Å². The number of benzene rings is 1. The molecule has 1 amide bonds. The van der Waals surface area contributed by atoms with Gasteiger partial charge in [-0.1, -0.05) is 51.1 Å². The number of hydrogen-bond donors (Lipinski definition) is 1. The molecule has 1 aromatic rings. The average molecular weight is 305 g/mol. The molecule has 1 saturated heterocycles. The molecule has 4 heteroatoms. The maximum absolute atomic E-state index is 12.7. The minimum Gasteiger partial charge on any atom is -0.391 e. The summed E-state index contributed by atoms with van der Waals surface area (Å²) in [6, 6.07) is 9.50. The first-order valence-corrected chi connectivity index (χ1v) is 7.89. The predicted molar refractivity (Wildman–Crippen MR) is 86.3 cm³/mol. The molecule has 4 nitrogen and oxygen atoms in total. The molecule has 1 aliphatic rings.